The summed E-state index contributed by atoms with van der Waals surface area (Å²) in [4.78, 5) is 22.5. The third kappa shape index (κ3) is 3.14. The molecule has 1 atom stereocenters. The summed E-state index contributed by atoms with van der Waals surface area (Å²) in [5, 5.41) is 18.6. The highest BCUT2D eigenvalue weighted by molar-refractivity contribution is 7.99. The minimum Gasteiger partial charge on any atom is -0.508 e. The monoisotopic (exact) mass is 294 g/mol. The Morgan fingerprint density at radius 3 is 2.80 bits per heavy atom. The van der Waals surface area contributed by atoms with E-state index in [1.54, 1.807) is 13.0 Å². The van der Waals surface area contributed by atoms with E-state index in [0.717, 1.165) is 0 Å². The molecule has 0 aliphatic carbocycles. The highest BCUT2D eigenvalue weighted by Crippen LogP contribution is 2.27. The minimum atomic E-state index is -0.859. The lowest BCUT2D eigenvalue weighted by atomic mass is 10.1. The van der Waals surface area contributed by atoms with Crippen LogP contribution in [0.15, 0.2) is 33.5 Å². The smallest absolute Gasteiger partial charge is 0.336 e. The molecule has 1 aromatic heterocycles. The van der Waals surface area contributed by atoms with Crippen LogP contribution in [0.3, 0.4) is 0 Å². The van der Waals surface area contributed by atoms with Crippen molar-refractivity contribution in [3.05, 3.63) is 40.2 Å². The Bertz CT molecular complexity index is 692. The number of phenolic OH excluding ortho intramolecular Hbond substituents is 1. The molecule has 1 heterocycles. The Balaban J connectivity index is 2.34. The quantitative estimate of drug-likeness (QED) is 0.824. The molecule has 1 unspecified atom stereocenters. The highest BCUT2D eigenvalue weighted by atomic mass is 32.2. The first-order valence-electron chi connectivity index (χ1n) is 6.11. The highest BCUT2D eigenvalue weighted by Gasteiger charge is 2.16. The first kappa shape index (κ1) is 14.5. The number of carboxylic acid groups (broad SMARTS) is 1. The summed E-state index contributed by atoms with van der Waals surface area (Å²) in [6, 6.07) is 5.90. The molecule has 0 aliphatic heterocycles. The fraction of sp³-hybridized carbons (Fsp3) is 0.286. The van der Waals surface area contributed by atoms with Gasteiger partial charge in [0.2, 0.25) is 0 Å². The number of carbonyl (C=O) groups is 1. The second-order valence-electron chi connectivity index (χ2n) is 4.32. The third-order valence-electron chi connectivity index (χ3n) is 2.90. The largest absolute Gasteiger partial charge is 0.508 e. The normalized spacial score (nSPS) is 12.4. The lowest BCUT2D eigenvalue weighted by Gasteiger charge is -2.10. The molecule has 0 bridgehead atoms. The van der Waals surface area contributed by atoms with Crippen LogP contribution in [0.1, 0.15) is 18.9 Å². The summed E-state index contributed by atoms with van der Waals surface area (Å²) >= 11 is 1.27. The molecule has 5 nitrogen and oxygen atoms in total. The minimum absolute atomic E-state index is 0.0161. The van der Waals surface area contributed by atoms with Crippen LogP contribution in [0.4, 0.5) is 0 Å². The summed E-state index contributed by atoms with van der Waals surface area (Å²) in [6.07, 6.45) is 0.514. The molecule has 6 heteroatoms. The van der Waals surface area contributed by atoms with Crippen molar-refractivity contribution in [2.75, 3.05) is 0 Å². The van der Waals surface area contributed by atoms with Gasteiger partial charge in [0.1, 0.15) is 16.6 Å². The number of aliphatic carboxylic acids is 1. The first-order chi connectivity index (χ1) is 9.51. The summed E-state index contributed by atoms with van der Waals surface area (Å²) < 4.78 is 5.02. The van der Waals surface area contributed by atoms with Crippen LogP contribution in [0.2, 0.25) is 0 Å². The Labute approximate surface area is 119 Å². The van der Waals surface area contributed by atoms with Gasteiger partial charge in [0.15, 0.2) is 0 Å². The molecule has 1 aromatic carbocycles. The summed E-state index contributed by atoms with van der Waals surface area (Å²) in [7, 11) is 0. The molecule has 0 fully saturated rings. The van der Waals surface area contributed by atoms with E-state index in [1.807, 2.05) is 0 Å². The van der Waals surface area contributed by atoms with Gasteiger partial charge in [-0.1, -0.05) is 6.92 Å². The van der Waals surface area contributed by atoms with E-state index in [-0.39, 0.29) is 5.75 Å². The molecule has 2 N–H and O–H groups in total. The van der Waals surface area contributed by atoms with Gasteiger partial charge < -0.3 is 14.6 Å². The van der Waals surface area contributed by atoms with Crippen LogP contribution in [0, 0.1) is 0 Å². The molecule has 2 aromatic rings. The first-order valence-corrected chi connectivity index (χ1v) is 7.16. The van der Waals surface area contributed by atoms with Crippen molar-refractivity contribution in [1.82, 2.24) is 0 Å². The van der Waals surface area contributed by atoms with Gasteiger partial charge in [0, 0.05) is 23.3 Å². The zero-order valence-electron chi connectivity index (χ0n) is 10.8. The van der Waals surface area contributed by atoms with E-state index >= 15 is 0 Å². The molecule has 2 rings (SSSR count). The van der Waals surface area contributed by atoms with E-state index in [2.05, 4.69) is 0 Å². The maximum absolute atomic E-state index is 11.5. The van der Waals surface area contributed by atoms with E-state index in [1.165, 1.54) is 30.0 Å². The maximum atomic E-state index is 11.5. The predicted octanol–water partition coefficient (Wildman–Crippen LogP) is 2.59. The van der Waals surface area contributed by atoms with Crippen molar-refractivity contribution in [1.29, 1.82) is 0 Å². The summed E-state index contributed by atoms with van der Waals surface area (Å²) in [5.41, 5.74) is 0.500. The van der Waals surface area contributed by atoms with Crippen molar-refractivity contribution < 1.29 is 19.4 Å². The van der Waals surface area contributed by atoms with Crippen LogP contribution in [-0.2, 0) is 10.5 Å². The van der Waals surface area contributed by atoms with Crippen LogP contribution in [0.5, 0.6) is 5.75 Å². The zero-order valence-corrected chi connectivity index (χ0v) is 11.6. The average molecular weight is 294 g/mol. The number of hydrogen-bond acceptors (Lipinski definition) is 5. The van der Waals surface area contributed by atoms with Crippen molar-refractivity contribution in [3.63, 3.8) is 0 Å². The Kier molecular flexibility index (Phi) is 4.34. The van der Waals surface area contributed by atoms with E-state index in [9.17, 15) is 14.7 Å². The van der Waals surface area contributed by atoms with Gasteiger partial charge in [-0.3, -0.25) is 4.79 Å². The predicted molar refractivity (Wildman–Crippen MR) is 77.2 cm³/mol. The molecule has 20 heavy (non-hydrogen) atoms. The number of benzene rings is 1. The van der Waals surface area contributed by atoms with Gasteiger partial charge in [-0.25, -0.2) is 4.79 Å². The summed E-state index contributed by atoms with van der Waals surface area (Å²) in [5.74, 6) is -0.442. The molecule has 0 saturated carbocycles. The molecular weight excluding hydrogens is 280 g/mol. The van der Waals surface area contributed by atoms with Crippen molar-refractivity contribution in [3.8, 4) is 5.75 Å². The average Bonchev–Trinajstić information content (AvgIpc) is 2.38. The van der Waals surface area contributed by atoms with Crippen molar-refractivity contribution in [2.24, 2.45) is 0 Å². The lowest BCUT2D eigenvalue weighted by Crippen LogP contribution is -2.15. The Morgan fingerprint density at radius 2 is 2.15 bits per heavy atom. The van der Waals surface area contributed by atoms with Crippen molar-refractivity contribution >= 4 is 28.7 Å². The second kappa shape index (κ2) is 6.00. The molecule has 106 valence electrons. The summed E-state index contributed by atoms with van der Waals surface area (Å²) in [6.45, 7) is 1.81. The second-order valence-corrected chi connectivity index (χ2v) is 5.51. The SMILES string of the molecule is CCC(SCc1cc(=O)oc2cc(O)ccc12)C(=O)O. The van der Waals surface area contributed by atoms with E-state index < -0.39 is 16.8 Å². The maximum Gasteiger partial charge on any atom is 0.336 e. The number of rotatable bonds is 5. The van der Waals surface area contributed by atoms with Crippen molar-refractivity contribution in [2.45, 2.75) is 24.3 Å². The van der Waals surface area contributed by atoms with Crippen LogP contribution < -0.4 is 5.63 Å². The van der Waals surface area contributed by atoms with Crippen LogP contribution in [-0.4, -0.2) is 21.4 Å². The van der Waals surface area contributed by atoms with Gasteiger partial charge in [-0.15, -0.1) is 11.8 Å². The molecule has 0 spiro atoms. The number of hydrogen-bond donors (Lipinski definition) is 2. The third-order valence-corrected chi connectivity index (χ3v) is 4.32. The van der Waals surface area contributed by atoms with Crippen LogP contribution >= 0.6 is 11.8 Å². The molecule has 0 saturated heterocycles. The van der Waals surface area contributed by atoms with Gasteiger partial charge in [0.25, 0.3) is 0 Å². The van der Waals surface area contributed by atoms with Gasteiger partial charge in [-0.2, -0.15) is 0 Å². The number of phenols is 1. The molecule has 0 radical (unpaired) electrons. The Hall–Kier alpha value is -1.95. The Morgan fingerprint density at radius 1 is 1.40 bits per heavy atom. The van der Waals surface area contributed by atoms with E-state index in [4.69, 9.17) is 9.52 Å². The van der Waals surface area contributed by atoms with Gasteiger partial charge in [-0.05, 0) is 24.1 Å². The molecule has 0 aliphatic rings. The number of carboxylic acids is 1. The van der Waals surface area contributed by atoms with Gasteiger partial charge in [0.05, 0.1) is 0 Å². The number of fused-ring (bicyclic) bond motifs is 1. The zero-order chi connectivity index (χ0) is 14.7. The van der Waals surface area contributed by atoms with Crippen LogP contribution in [0.25, 0.3) is 11.0 Å². The topological polar surface area (TPSA) is 87.7 Å². The standard InChI is InChI=1S/C14H14O5S/c1-2-12(14(17)18)20-7-8-5-13(16)19-11-6-9(15)3-4-10(8)11/h3-6,12,15H,2,7H2,1H3,(H,17,18). The molecule has 0 amide bonds. The number of aromatic hydroxyl groups is 1. The van der Waals surface area contributed by atoms with E-state index in [0.29, 0.717) is 28.7 Å². The molecular formula is C14H14O5S. The fourth-order valence-corrected chi connectivity index (χ4v) is 2.89. The van der Waals surface area contributed by atoms with Gasteiger partial charge >= 0.3 is 11.6 Å². The number of thioether (sulfide) groups is 1. The lowest BCUT2D eigenvalue weighted by molar-refractivity contribution is -0.136. The fourth-order valence-electron chi connectivity index (χ4n) is 1.89.